The molecule has 0 atom stereocenters. The van der Waals surface area contributed by atoms with Crippen LogP contribution in [0, 0.1) is 13.8 Å². The van der Waals surface area contributed by atoms with Gasteiger partial charge in [-0.1, -0.05) is 6.07 Å². The molecule has 0 fully saturated rings. The van der Waals surface area contributed by atoms with Crippen molar-refractivity contribution in [2.75, 3.05) is 5.73 Å². The number of anilines is 1. The fraction of sp³-hybridized carbons (Fsp3) is 0.357. The number of nitrogen functional groups attached to an aromatic ring is 1. The highest BCUT2D eigenvalue weighted by molar-refractivity contribution is 5.77. The quantitative estimate of drug-likeness (QED) is 0.788. The zero-order chi connectivity index (χ0) is 14.3. The Labute approximate surface area is 117 Å². The number of nitrogens with zero attached hydrogens (tertiary/aromatic N) is 5. The van der Waals surface area contributed by atoms with Crippen molar-refractivity contribution in [2.24, 2.45) is 0 Å². The van der Waals surface area contributed by atoms with Crippen LogP contribution in [-0.2, 0) is 13.1 Å². The average molecular weight is 270 g/mol. The van der Waals surface area contributed by atoms with Crippen molar-refractivity contribution >= 4 is 17.1 Å². The first-order valence-electron chi connectivity index (χ1n) is 6.70. The molecule has 3 heterocycles. The van der Waals surface area contributed by atoms with E-state index in [4.69, 9.17) is 5.73 Å². The normalized spacial score (nSPS) is 11.3. The molecule has 104 valence electrons. The summed E-state index contributed by atoms with van der Waals surface area (Å²) in [7, 11) is 0. The molecule has 3 aromatic rings. The van der Waals surface area contributed by atoms with E-state index in [0.717, 1.165) is 34.7 Å². The lowest BCUT2D eigenvalue weighted by Gasteiger charge is -2.08. The smallest absolute Gasteiger partial charge is 0.202 e. The lowest BCUT2D eigenvalue weighted by atomic mass is 10.2. The van der Waals surface area contributed by atoms with Crippen LogP contribution in [-0.4, -0.2) is 24.3 Å². The molecular weight excluding hydrogens is 252 g/mol. The number of imidazole rings is 1. The minimum absolute atomic E-state index is 0.517. The molecule has 3 rings (SSSR count). The van der Waals surface area contributed by atoms with Gasteiger partial charge in [-0.25, -0.2) is 9.67 Å². The maximum Gasteiger partial charge on any atom is 0.202 e. The van der Waals surface area contributed by atoms with E-state index in [1.54, 1.807) is 0 Å². The van der Waals surface area contributed by atoms with Gasteiger partial charge in [0.15, 0.2) is 5.65 Å². The summed E-state index contributed by atoms with van der Waals surface area (Å²) in [5.74, 6) is 0.517. The Morgan fingerprint density at radius 3 is 2.70 bits per heavy atom. The predicted molar refractivity (Wildman–Crippen MR) is 78.4 cm³/mol. The summed E-state index contributed by atoms with van der Waals surface area (Å²) in [5.41, 5.74) is 10.9. The number of aromatic nitrogens is 5. The third-order valence-corrected chi connectivity index (χ3v) is 3.44. The molecule has 0 aliphatic carbocycles. The molecule has 0 unspecified atom stereocenters. The molecule has 0 aliphatic heterocycles. The first-order chi connectivity index (χ1) is 9.60. The highest BCUT2D eigenvalue weighted by Crippen LogP contribution is 2.22. The van der Waals surface area contributed by atoms with Gasteiger partial charge in [0.1, 0.15) is 5.52 Å². The van der Waals surface area contributed by atoms with E-state index in [9.17, 15) is 0 Å². The Hall–Kier alpha value is -2.37. The second kappa shape index (κ2) is 4.63. The van der Waals surface area contributed by atoms with Gasteiger partial charge in [-0.3, -0.25) is 9.55 Å². The van der Waals surface area contributed by atoms with E-state index >= 15 is 0 Å². The first-order valence-corrected chi connectivity index (χ1v) is 6.70. The molecule has 6 heteroatoms. The number of aryl methyl sites for hydroxylation is 3. The van der Waals surface area contributed by atoms with Gasteiger partial charge < -0.3 is 5.73 Å². The number of fused-ring (bicyclic) bond motifs is 1. The molecule has 0 amide bonds. The Morgan fingerprint density at radius 1 is 1.25 bits per heavy atom. The molecule has 0 aliphatic rings. The first kappa shape index (κ1) is 12.7. The summed E-state index contributed by atoms with van der Waals surface area (Å²) in [6.07, 6.45) is 1.88. The summed E-state index contributed by atoms with van der Waals surface area (Å²) in [5, 5.41) is 4.49. The van der Waals surface area contributed by atoms with Crippen LogP contribution >= 0.6 is 0 Å². The van der Waals surface area contributed by atoms with E-state index in [-0.39, 0.29) is 0 Å². The van der Waals surface area contributed by atoms with E-state index in [0.29, 0.717) is 12.5 Å². The maximum atomic E-state index is 6.06. The fourth-order valence-corrected chi connectivity index (χ4v) is 2.39. The standard InChI is InChI=1S/C14H18N6/c1-4-20-13-12(10(3)18-20)17-14(15)19(13)8-11-6-5-9(2)16-7-11/h5-7H,4,8H2,1-3H3,(H2,15,17). The van der Waals surface area contributed by atoms with Gasteiger partial charge in [-0.05, 0) is 32.4 Å². The molecule has 0 spiro atoms. The van der Waals surface area contributed by atoms with Gasteiger partial charge in [0, 0.05) is 18.4 Å². The molecule has 20 heavy (non-hydrogen) atoms. The summed E-state index contributed by atoms with van der Waals surface area (Å²) < 4.78 is 3.93. The minimum atomic E-state index is 0.517. The highest BCUT2D eigenvalue weighted by atomic mass is 15.4. The van der Waals surface area contributed by atoms with E-state index in [1.165, 1.54) is 0 Å². The van der Waals surface area contributed by atoms with Crippen LogP contribution in [0.5, 0.6) is 0 Å². The van der Waals surface area contributed by atoms with Crippen molar-refractivity contribution in [1.82, 2.24) is 24.3 Å². The largest absolute Gasteiger partial charge is 0.369 e. The van der Waals surface area contributed by atoms with E-state index < -0.39 is 0 Å². The zero-order valence-corrected chi connectivity index (χ0v) is 12.0. The van der Waals surface area contributed by atoms with Crippen molar-refractivity contribution in [3.8, 4) is 0 Å². The zero-order valence-electron chi connectivity index (χ0n) is 12.0. The topological polar surface area (TPSA) is 74.6 Å². The summed E-state index contributed by atoms with van der Waals surface area (Å²) >= 11 is 0. The lowest BCUT2D eigenvalue weighted by Crippen LogP contribution is -2.09. The molecule has 3 aromatic heterocycles. The van der Waals surface area contributed by atoms with Gasteiger partial charge >= 0.3 is 0 Å². The van der Waals surface area contributed by atoms with Crippen molar-refractivity contribution in [2.45, 2.75) is 33.9 Å². The number of rotatable bonds is 3. The van der Waals surface area contributed by atoms with E-state index in [2.05, 4.69) is 28.1 Å². The van der Waals surface area contributed by atoms with Crippen molar-refractivity contribution in [1.29, 1.82) is 0 Å². The van der Waals surface area contributed by atoms with Crippen LogP contribution in [0.1, 0.15) is 23.9 Å². The van der Waals surface area contributed by atoms with Crippen molar-refractivity contribution < 1.29 is 0 Å². The SMILES string of the molecule is CCn1nc(C)c2nc(N)n(Cc3ccc(C)nc3)c21. The molecule has 0 radical (unpaired) electrons. The van der Waals surface area contributed by atoms with Crippen LogP contribution in [0.15, 0.2) is 18.3 Å². The number of hydrogen-bond donors (Lipinski definition) is 1. The molecule has 0 aromatic carbocycles. The lowest BCUT2D eigenvalue weighted by molar-refractivity contribution is 0.647. The molecular formula is C14H18N6. The van der Waals surface area contributed by atoms with Crippen molar-refractivity contribution in [3.05, 3.63) is 35.3 Å². The van der Waals surface area contributed by atoms with Crippen molar-refractivity contribution in [3.63, 3.8) is 0 Å². The highest BCUT2D eigenvalue weighted by Gasteiger charge is 2.16. The van der Waals surface area contributed by atoms with Gasteiger partial charge in [-0.15, -0.1) is 0 Å². The third-order valence-electron chi connectivity index (χ3n) is 3.44. The fourth-order valence-electron chi connectivity index (χ4n) is 2.39. The summed E-state index contributed by atoms with van der Waals surface area (Å²) in [6, 6.07) is 4.06. The summed E-state index contributed by atoms with van der Waals surface area (Å²) in [6.45, 7) is 7.44. The van der Waals surface area contributed by atoms with Gasteiger partial charge in [-0.2, -0.15) is 5.10 Å². The second-order valence-corrected chi connectivity index (χ2v) is 4.94. The Bertz CT molecular complexity index is 750. The van der Waals surface area contributed by atoms with Gasteiger partial charge in [0.25, 0.3) is 0 Å². The third kappa shape index (κ3) is 1.93. The minimum Gasteiger partial charge on any atom is -0.369 e. The van der Waals surface area contributed by atoms with Crippen LogP contribution < -0.4 is 5.73 Å². The Morgan fingerprint density at radius 2 is 2.05 bits per heavy atom. The molecule has 6 nitrogen and oxygen atoms in total. The van der Waals surface area contributed by atoms with E-state index in [1.807, 2.05) is 35.4 Å². The summed E-state index contributed by atoms with van der Waals surface area (Å²) in [4.78, 5) is 8.75. The Balaban J connectivity index is 2.10. The Kier molecular flexibility index (Phi) is 2.93. The van der Waals surface area contributed by atoms with Gasteiger partial charge in [0.05, 0.1) is 12.2 Å². The average Bonchev–Trinajstić information content (AvgIpc) is 2.91. The predicted octanol–water partition coefficient (Wildman–Crippen LogP) is 1.90. The van der Waals surface area contributed by atoms with Crippen LogP contribution in [0.25, 0.3) is 11.2 Å². The van der Waals surface area contributed by atoms with Crippen LogP contribution in [0.2, 0.25) is 0 Å². The molecule has 0 bridgehead atoms. The monoisotopic (exact) mass is 270 g/mol. The molecule has 0 saturated heterocycles. The molecule has 2 N–H and O–H groups in total. The van der Waals surface area contributed by atoms with Gasteiger partial charge in [0.2, 0.25) is 5.95 Å². The number of nitrogens with two attached hydrogens (primary N) is 1. The molecule has 0 saturated carbocycles. The number of hydrogen-bond acceptors (Lipinski definition) is 4. The number of pyridine rings is 1. The van der Waals surface area contributed by atoms with Crippen LogP contribution in [0.3, 0.4) is 0 Å². The van der Waals surface area contributed by atoms with Crippen LogP contribution in [0.4, 0.5) is 5.95 Å². The second-order valence-electron chi connectivity index (χ2n) is 4.94. The maximum absolute atomic E-state index is 6.06.